The number of ether oxygens (including phenoxy) is 1. The van der Waals surface area contributed by atoms with Gasteiger partial charge in [-0.2, -0.15) is 0 Å². The Hall–Kier alpha value is -1.97. The third-order valence-corrected chi connectivity index (χ3v) is 6.21. The number of amides is 2. The van der Waals surface area contributed by atoms with Gasteiger partial charge in [-0.15, -0.1) is 0 Å². The van der Waals surface area contributed by atoms with Gasteiger partial charge in [0.25, 0.3) is 5.91 Å². The molecule has 2 aliphatic rings. The topological polar surface area (TPSA) is 96.0 Å². The number of nitrogens with zero attached hydrogens (tertiary/aromatic N) is 2. The van der Waals surface area contributed by atoms with Gasteiger partial charge in [-0.3, -0.25) is 9.59 Å². The minimum Gasteiger partial charge on any atom is -0.378 e. The number of carbonyl (C=O) groups excluding carboxylic acids is 2. The van der Waals surface area contributed by atoms with Crippen molar-refractivity contribution in [3.05, 3.63) is 29.8 Å². The van der Waals surface area contributed by atoms with Crippen LogP contribution in [0.1, 0.15) is 23.2 Å². The van der Waals surface area contributed by atoms with Gasteiger partial charge in [0, 0.05) is 26.2 Å². The molecular weight excluding hydrogens is 370 g/mol. The number of carbonyl (C=O) groups is 2. The Morgan fingerprint density at radius 2 is 1.85 bits per heavy atom. The maximum atomic E-state index is 12.8. The van der Waals surface area contributed by atoms with E-state index in [4.69, 9.17) is 4.74 Å². The molecular formula is C18H25N3O5S. The van der Waals surface area contributed by atoms with Gasteiger partial charge in [-0.1, -0.05) is 12.1 Å². The molecule has 2 saturated heterocycles. The van der Waals surface area contributed by atoms with E-state index in [9.17, 15) is 18.0 Å². The highest BCUT2D eigenvalue weighted by molar-refractivity contribution is 7.88. The number of piperidine rings is 1. The van der Waals surface area contributed by atoms with Crippen LogP contribution in [0.5, 0.6) is 0 Å². The summed E-state index contributed by atoms with van der Waals surface area (Å²) >= 11 is 0. The zero-order chi connectivity index (χ0) is 19.4. The number of hydrogen-bond donors (Lipinski definition) is 1. The maximum Gasteiger partial charge on any atom is 0.256 e. The van der Waals surface area contributed by atoms with E-state index in [1.165, 1.54) is 4.31 Å². The van der Waals surface area contributed by atoms with Crippen molar-refractivity contribution in [1.29, 1.82) is 0 Å². The molecule has 0 bridgehead atoms. The zero-order valence-corrected chi connectivity index (χ0v) is 16.2. The first kappa shape index (κ1) is 19.8. The summed E-state index contributed by atoms with van der Waals surface area (Å²) < 4.78 is 30.1. The van der Waals surface area contributed by atoms with Crippen molar-refractivity contribution in [2.45, 2.75) is 12.8 Å². The molecule has 0 aromatic heterocycles. The Morgan fingerprint density at radius 3 is 2.56 bits per heavy atom. The summed E-state index contributed by atoms with van der Waals surface area (Å²) in [4.78, 5) is 27.2. The highest BCUT2D eigenvalue weighted by Gasteiger charge is 2.31. The van der Waals surface area contributed by atoms with Crippen LogP contribution in [0.15, 0.2) is 24.3 Å². The summed E-state index contributed by atoms with van der Waals surface area (Å²) in [6.07, 6.45) is 2.42. The van der Waals surface area contributed by atoms with Crippen LogP contribution in [0.4, 0.5) is 5.69 Å². The molecule has 0 spiro atoms. The standard InChI is InChI=1S/C18H25N3O5S/c1-27(24,25)21-8-4-5-14(13-21)17(22)19-16-7-3-2-6-15(16)18(23)20-9-11-26-12-10-20/h2-3,6-7,14H,4-5,8-13H2,1H3,(H,19,22)/t14-/m0/s1. The summed E-state index contributed by atoms with van der Waals surface area (Å²) in [5.74, 6) is -0.832. The number of para-hydroxylation sites is 1. The predicted molar refractivity (Wildman–Crippen MR) is 101 cm³/mol. The number of hydrogen-bond acceptors (Lipinski definition) is 5. The van der Waals surface area contributed by atoms with E-state index in [0.29, 0.717) is 56.9 Å². The smallest absolute Gasteiger partial charge is 0.256 e. The number of rotatable bonds is 4. The molecule has 0 saturated carbocycles. The molecule has 148 valence electrons. The van der Waals surface area contributed by atoms with Crippen molar-refractivity contribution in [1.82, 2.24) is 9.21 Å². The molecule has 3 rings (SSSR count). The normalized spacial score (nSPS) is 21.7. The van der Waals surface area contributed by atoms with Gasteiger partial charge in [0.15, 0.2) is 0 Å². The van der Waals surface area contributed by atoms with Gasteiger partial charge in [-0.05, 0) is 25.0 Å². The third-order valence-electron chi connectivity index (χ3n) is 4.94. The van der Waals surface area contributed by atoms with Gasteiger partial charge in [0.2, 0.25) is 15.9 Å². The van der Waals surface area contributed by atoms with E-state index in [0.717, 1.165) is 6.26 Å². The molecule has 1 atom stereocenters. The van der Waals surface area contributed by atoms with Gasteiger partial charge in [0.05, 0.1) is 36.6 Å². The summed E-state index contributed by atoms with van der Waals surface area (Å²) in [7, 11) is -3.32. The number of anilines is 1. The maximum absolute atomic E-state index is 12.8. The molecule has 1 N–H and O–H groups in total. The van der Waals surface area contributed by atoms with Crippen LogP contribution in [0, 0.1) is 5.92 Å². The highest BCUT2D eigenvalue weighted by atomic mass is 32.2. The van der Waals surface area contributed by atoms with Crippen LogP contribution in [0.2, 0.25) is 0 Å². The van der Waals surface area contributed by atoms with Crippen LogP contribution < -0.4 is 5.32 Å². The third kappa shape index (κ3) is 4.85. The fourth-order valence-electron chi connectivity index (χ4n) is 3.41. The van der Waals surface area contributed by atoms with Crippen molar-refractivity contribution in [3.8, 4) is 0 Å². The van der Waals surface area contributed by atoms with E-state index in [1.54, 1.807) is 29.2 Å². The number of nitrogens with one attached hydrogen (secondary N) is 1. The summed E-state index contributed by atoms with van der Waals surface area (Å²) in [5, 5.41) is 2.83. The lowest BCUT2D eigenvalue weighted by Gasteiger charge is -2.30. The van der Waals surface area contributed by atoms with Gasteiger partial charge < -0.3 is 15.0 Å². The van der Waals surface area contributed by atoms with Gasteiger partial charge in [-0.25, -0.2) is 12.7 Å². The first-order valence-electron chi connectivity index (χ1n) is 9.08. The van der Waals surface area contributed by atoms with Crippen molar-refractivity contribution in [2.75, 3.05) is 51.0 Å². The number of morpholine rings is 1. The van der Waals surface area contributed by atoms with Crippen molar-refractivity contribution in [2.24, 2.45) is 5.92 Å². The Kier molecular flexibility index (Phi) is 6.13. The average molecular weight is 395 g/mol. The quantitative estimate of drug-likeness (QED) is 0.812. The van der Waals surface area contributed by atoms with E-state index < -0.39 is 15.9 Å². The Bertz CT molecular complexity index is 805. The van der Waals surface area contributed by atoms with Gasteiger partial charge >= 0.3 is 0 Å². The van der Waals surface area contributed by atoms with Crippen LogP contribution >= 0.6 is 0 Å². The molecule has 2 heterocycles. The summed E-state index contributed by atoms with van der Waals surface area (Å²) in [6.45, 7) is 2.66. The Labute approximate surface area is 159 Å². The molecule has 0 unspecified atom stereocenters. The molecule has 2 amide bonds. The fraction of sp³-hybridized carbons (Fsp3) is 0.556. The second-order valence-electron chi connectivity index (χ2n) is 6.90. The SMILES string of the molecule is CS(=O)(=O)N1CCC[C@H](C(=O)Nc2ccccc2C(=O)N2CCOCC2)C1. The molecule has 8 nitrogen and oxygen atoms in total. The Balaban J connectivity index is 1.72. The van der Waals surface area contributed by atoms with Gasteiger partial charge in [0.1, 0.15) is 0 Å². The minimum absolute atomic E-state index is 0.143. The summed E-state index contributed by atoms with van der Waals surface area (Å²) in [6, 6.07) is 6.91. The lowest BCUT2D eigenvalue weighted by molar-refractivity contribution is -0.120. The largest absolute Gasteiger partial charge is 0.378 e. The zero-order valence-electron chi connectivity index (χ0n) is 15.4. The lowest BCUT2D eigenvalue weighted by atomic mass is 9.98. The van der Waals surface area contributed by atoms with E-state index in [1.807, 2.05) is 0 Å². The number of sulfonamides is 1. The van der Waals surface area contributed by atoms with Crippen LogP contribution in [0.25, 0.3) is 0 Å². The minimum atomic E-state index is -3.32. The first-order chi connectivity index (χ1) is 12.9. The molecule has 0 aliphatic carbocycles. The second kappa shape index (κ2) is 8.37. The van der Waals surface area contributed by atoms with Crippen LogP contribution in [0.3, 0.4) is 0 Å². The van der Waals surface area contributed by atoms with Crippen LogP contribution in [-0.4, -0.2) is 75.1 Å². The molecule has 1 aromatic carbocycles. The Morgan fingerprint density at radius 1 is 1.15 bits per heavy atom. The van der Waals surface area contributed by atoms with Crippen molar-refractivity contribution >= 4 is 27.5 Å². The monoisotopic (exact) mass is 395 g/mol. The molecule has 2 fully saturated rings. The lowest BCUT2D eigenvalue weighted by Crippen LogP contribution is -2.43. The molecule has 9 heteroatoms. The number of benzene rings is 1. The molecule has 0 radical (unpaired) electrons. The molecule has 27 heavy (non-hydrogen) atoms. The first-order valence-corrected chi connectivity index (χ1v) is 10.9. The summed E-state index contributed by atoms with van der Waals surface area (Å²) in [5.41, 5.74) is 0.888. The highest BCUT2D eigenvalue weighted by Crippen LogP contribution is 2.23. The van der Waals surface area contributed by atoms with E-state index >= 15 is 0 Å². The second-order valence-corrected chi connectivity index (χ2v) is 8.88. The van der Waals surface area contributed by atoms with Crippen molar-refractivity contribution < 1.29 is 22.7 Å². The van der Waals surface area contributed by atoms with E-state index in [-0.39, 0.29) is 18.4 Å². The predicted octanol–water partition coefficient (Wildman–Crippen LogP) is 0.769. The average Bonchev–Trinajstić information content (AvgIpc) is 2.68. The fourth-order valence-corrected chi connectivity index (χ4v) is 4.32. The molecule has 1 aromatic rings. The van der Waals surface area contributed by atoms with Crippen LogP contribution in [-0.2, 0) is 19.6 Å². The van der Waals surface area contributed by atoms with E-state index in [2.05, 4.69) is 5.32 Å². The van der Waals surface area contributed by atoms with Crippen molar-refractivity contribution in [3.63, 3.8) is 0 Å². The molecule has 2 aliphatic heterocycles.